The van der Waals surface area contributed by atoms with Gasteiger partial charge in [-0.15, -0.1) is 11.3 Å². The van der Waals surface area contributed by atoms with Gasteiger partial charge in [0, 0.05) is 22.0 Å². The van der Waals surface area contributed by atoms with Crippen LogP contribution in [0.25, 0.3) is 0 Å². The Morgan fingerprint density at radius 3 is 2.67 bits per heavy atom. The number of halogens is 2. The number of nitrogens with one attached hydrogen (secondary N) is 1. The molecule has 0 atom stereocenters. The van der Waals surface area contributed by atoms with Crippen molar-refractivity contribution >= 4 is 48.9 Å². The first kappa shape index (κ1) is 13.9. The Bertz CT molecular complexity index is 554. The molecule has 0 aliphatic carbocycles. The summed E-state index contributed by atoms with van der Waals surface area (Å²) in [7, 11) is 1.67. The van der Waals surface area contributed by atoms with Gasteiger partial charge >= 0.3 is 0 Å². The molecular formula is C13H13Br2NOS. The van der Waals surface area contributed by atoms with E-state index in [2.05, 4.69) is 55.5 Å². The molecule has 18 heavy (non-hydrogen) atoms. The van der Waals surface area contributed by atoms with Crippen molar-refractivity contribution < 1.29 is 4.74 Å². The van der Waals surface area contributed by atoms with E-state index in [1.807, 2.05) is 12.1 Å². The van der Waals surface area contributed by atoms with Gasteiger partial charge in [0.05, 0.1) is 17.3 Å². The van der Waals surface area contributed by atoms with E-state index >= 15 is 0 Å². The van der Waals surface area contributed by atoms with Crippen LogP contribution >= 0.6 is 43.2 Å². The maximum absolute atomic E-state index is 5.30. The minimum Gasteiger partial charge on any atom is -0.495 e. The standard InChI is InChI=1S/C13H13Br2NOS/c1-8-3-4-18-13(8)7-16-11-6-12(17-2)10(15)5-9(11)14/h3-6,16H,7H2,1-2H3. The number of hydrogen-bond acceptors (Lipinski definition) is 3. The second kappa shape index (κ2) is 6.08. The van der Waals surface area contributed by atoms with Gasteiger partial charge in [0.25, 0.3) is 0 Å². The molecule has 0 saturated carbocycles. The van der Waals surface area contributed by atoms with Gasteiger partial charge in [0.15, 0.2) is 0 Å². The monoisotopic (exact) mass is 389 g/mol. The highest BCUT2D eigenvalue weighted by Crippen LogP contribution is 2.35. The van der Waals surface area contributed by atoms with E-state index in [0.29, 0.717) is 0 Å². The zero-order valence-corrected chi connectivity index (χ0v) is 14.1. The van der Waals surface area contributed by atoms with E-state index in [1.54, 1.807) is 18.4 Å². The van der Waals surface area contributed by atoms with Gasteiger partial charge in [0.2, 0.25) is 0 Å². The average Bonchev–Trinajstić information content (AvgIpc) is 2.74. The van der Waals surface area contributed by atoms with Gasteiger partial charge in [-0.2, -0.15) is 0 Å². The first-order valence-electron chi connectivity index (χ1n) is 5.41. The lowest BCUT2D eigenvalue weighted by atomic mass is 10.2. The van der Waals surface area contributed by atoms with Crippen molar-refractivity contribution in [2.24, 2.45) is 0 Å². The van der Waals surface area contributed by atoms with Gasteiger partial charge < -0.3 is 10.1 Å². The SMILES string of the molecule is COc1cc(NCc2sccc2C)c(Br)cc1Br. The second-order valence-corrected chi connectivity index (χ2v) is 6.56. The predicted octanol–water partition coefficient (Wildman–Crippen LogP) is 5.20. The average molecular weight is 391 g/mol. The van der Waals surface area contributed by atoms with Crippen molar-refractivity contribution in [3.05, 3.63) is 43.0 Å². The summed E-state index contributed by atoms with van der Waals surface area (Å²) in [6.07, 6.45) is 0. The van der Waals surface area contributed by atoms with E-state index in [9.17, 15) is 0 Å². The van der Waals surface area contributed by atoms with Crippen LogP contribution in [-0.2, 0) is 6.54 Å². The van der Waals surface area contributed by atoms with E-state index in [1.165, 1.54) is 10.4 Å². The molecule has 1 heterocycles. The Balaban J connectivity index is 2.16. The molecule has 1 aromatic carbocycles. The van der Waals surface area contributed by atoms with E-state index < -0.39 is 0 Å². The minimum absolute atomic E-state index is 0.823. The summed E-state index contributed by atoms with van der Waals surface area (Å²) in [6.45, 7) is 2.96. The molecule has 2 aromatic rings. The molecular weight excluding hydrogens is 378 g/mol. The fourth-order valence-corrected chi connectivity index (χ4v) is 3.72. The van der Waals surface area contributed by atoms with Gasteiger partial charge in [-0.05, 0) is 61.9 Å². The topological polar surface area (TPSA) is 21.3 Å². The summed E-state index contributed by atoms with van der Waals surface area (Å²) in [6, 6.07) is 6.11. The molecule has 2 rings (SSSR count). The second-order valence-electron chi connectivity index (χ2n) is 3.85. The lowest BCUT2D eigenvalue weighted by Crippen LogP contribution is -2.00. The highest BCUT2D eigenvalue weighted by Gasteiger charge is 2.07. The van der Waals surface area contributed by atoms with Crippen LogP contribution in [0.3, 0.4) is 0 Å². The maximum atomic E-state index is 5.30. The fourth-order valence-electron chi connectivity index (χ4n) is 1.58. The molecule has 0 fully saturated rings. The zero-order valence-electron chi connectivity index (χ0n) is 10.1. The lowest BCUT2D eigenvalue weighted by Gasteiger charge is -2.11. The summed E-state index contributed by atoms with van der Waals surface area (Å²) in [4.78, 5) is 1.35. The number of benzene rings is 1. The van der Waals surface area contributed by atoms with Gasteiger partial charge in [0.1, 0.15) is 5.75 Å². The summed E-state index contributed by atoms with van der Waals surface area (Å²) in [5.41, 5.74) is 2.36. The van der Waals surface area contributed by atoms with Gasteiger partial charge in [-0.3, -0.25) is 0 Å². The Morgan fingerprint density at radius 1 is 1.28 bits per heavy atom. The maximum Gasteiger partial charge on any atom is 0.135 e. The predicted molar refractivity (Wildman–Crippen MR) is 84.8 cm³/mol. The molecule has 0 unspecified atom stereocenters. The van der Waals surface area contributed by atoms with Gasteiger partial charge in [-0.25, -0.2) is 0 Å². The Kier molecular flexibility index (Phi) is 4.70. The zero-order chi connectivity index (χ0) is 13.1. The molecule has 5 heteroatoms. The van der Waals surface area contributed by atoms with Crippen LogP contribution < -0.4 is 10.1 Å². The van der Waals surface area contributed by atoms with Crippen LogP contribution in [-0.4, -0.2) is 7.11 Å². The van der Waals surface area contributed by atoms with Crippen molar-refractivity contribution in [1.29, 1.82) is 0 Å². The van der Waals surface area contributed by atoms with Crippen LogP contribution in [0.1, 0.15) is 10.4 Å². The molecule has 0 amide bonds. The van der Waals surface area contributed by atoms with Crippen LogP contribution in [0.2, 0.25) is 0 Å². The number of thiophene rings is 1. The van der Waals surface area contributed by atoms with Crippen molar-refractivity contribution in [1.82, 2.24) is 0 Å². The number of anilines is 1. The van der Waals surface area contributed by atoms with E-state index in [4.69, 9.17) is 4.74 Å². The van der Waals surface area contributed by atoms with E-state index in [-0.39, 0.29) is 0 Å². The smallest absolute Gasteiger partial charge is 0.135 e. The number of ether oxygens (including phenoxy) is 1. The van der Waals surface area contributed by atoms with Crippen LogP contribution in [0.5, 0.6) is 5.75 Å². The third-order valence-electron chi connectivity index (χ3n) is 2.65. The van der Waals surface area contributed by atoms with Crippen molar-refractivity contribution in [3.63, 3.8) is 0 Å². The highest BCUT2D eigenvalue weighted by atomic mass is 79.9. The summed E-state index contributed by atoms with van der Waals surface area (Å²) >= 11 is 8.78. The van der Waals surface area contributed by atoms with E-state index in [0.717, 1.165) is 26.9 Å². The molecule has 2 nitrogen and oxygen atoms in total. The first-order chi connectivity index (χ1) is 8.61. The quantitative estimate of drug-likeness (QED) is 0.774. The lowest BCUT2D eigenvalue weighted by molar-refractivity contribution is 0.412. The van der Waals surface area contributed by atoms with Crippen LogP contribution in [0.15, 0.2) is 32.5 Å². The van der Waals surface area contributed by atoms with Crippen molar-refractivity contribution in [2.45, 2.75) is 13.5 Å². The highest BCUT2D eigenvalue weighted by molar-refractivity contribution is 9.11. The Morgan fingerprint density at radius 2 is 2.06 bits per heavy atom. The molecule has 0 saturated heterocycles. The number of methoxy groups -OCH3 is 1. The molecule has 0 spiro atoms. The molecule has 0 radical (unpaired) electrons. The largest absolute Gasteiger partial charge is 0.495 e. The van der Waals surface area contributed by atoms with Gasteiger partial charge in [-0.1, -0.05) is 0 Å². The summed E-state index contributed by atoms with van der Waals surface area (Å²) in [5.74, 6) is 0.823. The van der Waals surface area contributed by atoms with Crippen molar-refractivity contribution in [3.8, 4) is 5.75 Å². The molecule has 96 valence electrons. The third-order valence-corrected chi connectivity index (χ3v) is 4.95. The molecule has 0 aliphatic heterocycles. The fraction of sp³-hybridized carbons (Fsp3) is 0.231. The van der Waals surface area contributed by atoms with Crippen LogP contribution in [0, 0.1) is 6.92 Å². The normalized spacial score (nSPS) is 10.4. The minimum atomic E-state index is 0.823. The molecule has 1 N–H and O–H groups in total. The molecule has 0 aliphatic rings. The number of rotatable bonds is 4. The first-order valence-corrected chi connectivity index (χ1v) is 7.88. The van der Waals surface area contributed by atoms with Crippen LogP contribution in [0.4, 0.5) is 5.69 Å². The van der Waals surface area contributed by atoms with Crippen molar-refractivity contribution in [2.75, 3.05) is 12.4 Å². The third kappa shape index (κ3) is 3.08. The Hall–Kier alpha value is -0.520. The molecule has 1 aromatic heterocycles. The number of hydrogen-bond donors (Lipinski definition) is 1. The Labute approximate surface area is 128 Å². The summed E-state index contributed by atoms with van der Waals surface area (Å²) < 4.78 is 7.25. The number of aryl methyl sites for hydroxylation is 1. The molecule has 0 bridgehead atoms. The summed E-state index contributed by atoms with van der Waals surface area (Å²) in [5, 5.41) is 5.54.